The van der Waals surface area contributed by atoms with Crippen molar-refractivity contribution in [3.8, 4) is 0 Å². The van der Waals surface area contributed by atoms with Crippen molar-refractivity contribution in [2.24, 2.45) is 0 Å². The highest BCUT2D eigenvalue weighted by Crippen LogP contribution is 2.53. The minimum Gasteiger partial charge on any atom is -0.390 e. The number of hydrogen-bond donors (Lipinski definition) is 8. The summed E-state index contributed by atoms with van der Waals surface area (Å²) >= 11 is 0. The van der Waals surface area contributed by atoms with Crippen LogP contribution in [0.25, 0.3) is 0 Å². The van der Waals surface area contributed by atoms with E-state index in [2.05, 4.69) is 4.52 Å². The fourth-order valence-electron chi connectivity index (χ4n) is 2.26. The number of aliphatic hydroxyl groups excluding tert-OH is 1. The maximum absolute atomic E-state index is 11.8. The van der Waals surface area contributed by atoms with Crippen LogP contribution in [0.3, 0.4) is 0 Å². The molecule has 1 fully saturated rings. The third-order valence-electron chi connectivity index (χ3n) is 3.31. The summed E-state index contributed by atoms with van der Waals surface area (Å²) in [5.41, 5.74) is -1.46. The molecule has 0 aliphatic carbocycles. The van der Waals surface area contributed by atoms with Crippen molar-refractivity contribution in [1.82, 2.24) is 19.3 Å². The fraction of sp³-hybridized carbons (Fsp3) is 0.556. The Kier molecular flexibility index (Phi) is 6.99. The average molecular weight is 466 g/mol. The number of nitrogens with one attached hydrogen (secondary N) is 3. The third kappa shape index (κ3) is 6.81. The van der Waals surface area contributed by atoms with Gasteiger partial charge in [0.05, 0.1) is 12.7 Å². The van der Waals surface area contributed by atoms with Gasteiger partial charge < -0.3 is 29.4 Å². The molecule has 0 saturated carbocycles. The molecule has 1 aliphatic heterocycles. The van der Waals surface area contributed by atoms with Gasteiger partial charge >= 0.3 is 28.9 Å². The lowest BCUT2D eigenvalue weighted by atomic mass is 10.2. The first-order valence-corrected chi connectivity index (χ1v) is 12.1. The Morgan fingerprint density at radius 3 is 2.43 bits per heavy atom. The van der Waals surface area contributed by atoms with E-state index in [4.69, 9.17) is 14.5 Å². The predicted molar refractivity (Wildman–Crippen MR) is 89.8 cm³/mol. The highest BCUT2D eigenvalue weighted by molar-refractivity contribution is 7.74. The van der Waals surface area contributed by atoms with Gasteiger partial charge in [-0.2, -0.15) is 0 Å². The zero-order chi connectivity index (χ0) is 21.3. The van der Waals surface area contributed by atoms with Crippen LogP contribution in [0.2, 0.25) is 0 Å². The van der Waals surface area contributed by atoms with E-state index >= 15 is 0 Å². The van der Waals surface area contributed by atoms with Gasteiger partial charge in [-0.1, -0.05) is 0 Å². The Hall–Kier alpha value is -0.990. The number of aromatic nitrogens is 2. The number of ether oxygens (including phenoxy) is 1. The Bertz CT molecular complexity index is 970. The standard InChI is InChI=1S/C9H17N4O12P3/c14-5-3-8(13-2-1-7(15)10-9(13)16)25-6(5)4-24-28(22,23)12-26(17,18)11-27(19,20)21/h1-2,5-6,8,14H,3-4H2,(H,10,15,16)(H6,11,12,17,18,19,20,21,22,23)/t5-,6+,8+/m0/s1. The van der Waals surface area contributed by atoms with Gasteiger partial charge in [-0.3, -0.25) is 23.4 Å². The lowest BCUT2D eigenvalue weighted by Gasteiger charge is -2.21. The fourth-order valence-corrected chi connectivity index (χ4v) is 6.21. The maximum Gasteiger partial charge on any atom is 0.411 e. The molecule has 1 aromatic heterocycles. The first-order chi connectivity index (χ1) is 12.7. The van der Waals surface area contributed by atoms with Gasteiger partial charge in [0, 0.05) is 18.7 Å². The Morgan fingerprint density at radius 2 is 1.86 bits per heavy atom. The minimum absolute atomic E-state index is 0.138. The van der Waals surface area contributed by atoms with E-state index < -0.39 is 59.5 Å². The Labute approximate surface area is 155 Å². The van der Waals surface area contributed by atoms with Crippen LogP contribution in [0.15, 0.2) is 21.9 Å². The van der Waals surface area contributed by atoms with Crippen LogP contribution in [0, 0.1) is 0 Å². The first kappa shape index (κ1) is 23.3. The highest BCUT2D eigenvalue weighted by atomic mass is 31.3. The van der Waals surface area contributed by atoms with E-state index in [0.717, 1.165) is 26.5 Å². The predicted octanol–water partition coefficient (Wildman–Crippen LogP) is -2.33. The topological polar surface area (TPSA) is 250 Å². The minimum atomic E-state index is -5.21. The van der Waals surface area contributed by atoms with Crippen LogP contribution >= 0.6 is 23.2 Å². The van der Waals surface area contributed by atoms with E-state index in [1.54, 1.807) is 0 Å². The second-order valence-corrected chi connectivity index (χ2v) is 10.7. The molecular weight excluding hydrogens is 449 g/mol. The number of aliphatic hydroxyl groups is 1. The van der Waals surface area contributed by atoms with Crippen LogP contribution in [0.5, 0.6) is 0 Å². The lowest BCUT2D eigenvalue weighted by Crippen LogP contribution is -2.32. The number of nitrogens with zero attached hydrogens (tertiary/aromatic N) is 1. The van der Waals surface area contributed by atoms with E-state index in [0.29, 0.717) is 0 Å². The molecule has 0 bridgehead atoms. The maximum atomic E-state index is 11.8. The van der Waals surface area contributed by atoms with Crippen molar-refractivity contribution in [2.45, 2.75) is 24.9 Å². The number of aromatic amines is 1. The molecule has 2 rings (SSSR count). The summed E-state index contributed by atoms with van der Waals surface area (Å²) < 4.78 is 44.7. The van der Waals surface area contributed by atoms with E-state index in [9.17, 15) is 38.2 Å². The van der Waals surface area contributed by atoms with Crippen LogP contribution in [-0.2, 0) is 23.0 Å². The van der Waals surface area contributed by atoms with Crippen LogP contribution in [0.1, 0.15) is 12.6 Å². The molecule has 0 aromatic carbocycles. The van der Waals surface area contributed by atoms with Gasteiger partial charge in [0.15, 0.2) is 0 Å². The van der Waals surface area contributed by atoms with Gasteiger partial charge in [0.25, 0.3) is 5.56 Å². The molecule has 19 heteroatoms. The summed E-state index contributed by atoms with van der Waals surface area (Å²) in [4.78, 5) is 62.8. The van der Waals surface area contributed by atoms with Gasteiger partial charge in [0.1, 0.15) is 12.3 Å². The molecule has 2 unspecified atom stereocenters. The molecule has 8 N–H and O–H groups in total. The summed E-state index contributed by atoms with van der Waals surface area (Å²) in [6, 6.07) is 1.04. The van der Waals surface area contributed by atoms with Crippen molar-refractivity contribution in [1.29, 1.82) is 0 Å². The number of rotatable bonds is 8. The van der Waals surface area contributed by atoms with Crippen LogP contribution < -0.4 is 21.0 Å². The van der Waals surface area contributed by atoms with Gasteiger partial charge in [-0.15, -0.1) is 9.72 Å². The Balaban J connectivity index is 1.99. The quantitative estimate of drug-likeness (QED) is 0.187. The third-order valence-corrected chi connectivity index (χ3v) is 8.03. The summed E-state index contributed by atoms with van der Waals surface area (Å²) in [5, 5.41) is 9.94. The summed E-state index contributed by atoms with van der Waals surface area (Å²) in [5.74, 6) is 0. The summed E-state index contributed by atoms with van der Waals surface area (Å²) in [6.45, 7) is -0.785. The van der Waals surface area contributed by atoms with E-state index in [-0.39, 0.29) is 6.42 Å². The molecule has 28 heavy (non-hydrogen) atoms. The van der Waals surface area contributed by atoms with Crippen molar-refractivity contribution in [2.75, 3.05) is 6.61 Å². The van der Waals surface area contributed by atoms with Crippen molar-refractivity contribution >= 4 is 23.2 Å². The SMILES string of the molecule is O=c1ccn([C@H]2C[C@H](O)[C@@H](COP(=O)(O)NP(=O)(O)NP(=O)(O)O)O2)c(=O)[nH]1. The Morgan fingerprint density at radius 1 is 1.21 bits per heavy atom. The molecule has 1 saturated heterocycles. The first-order valence-electron chi connectivity index (χ1n) is 7.27. The molecule has 2 heterocycles. The molecule has 16 nitrogen and oxygen atoms in total. The number of H-pyrrole nitrogens is 1. The zero-order valence-corrected chi connectivity index (χ0v) is 16.4. The zero-order valence-electron chi connectivity index (χ0n) is 13.7. The van der Waals surface area contributed by atoms with Crippen molar-refractivity contribution in [3.63, 3.8) is 0 Å². The monoisotopic (exact) mass is 466 g/mol. The summed E-state index contributed by atoms with van der Waals surface area (Å²) in [6.07, 6.45) is -2.55. The van der Waals surface area contributed by atoms with Crippen molar-refractivity contribution < 1.29 is 47.6 Å². The highest BCUT2D eigenvalue weighted by Gasteiger charge is 2.40. The smallest absolute Gasteiger partial charge is 0.390 e. The largest absolute Gasteiger partial charge is 0.411 e. The molecule has 5 atom stereocenters. The average Bonchev–Trinajstić information content (AvgIpc) is 2.82. The normalized spacial score (nSPS) is 27.2. The molecule has 0 radical (unpaired) electrons. The molecule has 1 aromatic rings. The van der Waals surface area contributed by atoms with Crippen LogP contribution in [-0.4, -0.2) is 53.0 Å². The van der Waals surface area contributed by atoms with Gasteiger partial charge in [-0.25, -0.2) is 13.9 Å². The molecule has 0 spiro atoms. The van der Waals surface area contributed by atoms with Gasteiger partial charge in [0.2, 0.25) is 0 Å². The molecule has 0 amide bonds. The molecule has 1 aliphatic rings. The van der Waals surface area contributed by atoms with E-state index in [1.165, 1.54) is 0 Å². The van der Waals surface area contributed by atoms with Crippen LogP contribution in [0.4, 0.5) is 0 Å². The number of hydrogen-bond acceptors (Lipinski definition) is 8. The second-order valence-electron chi connectivity index (χ2n) is 5.59. The molecule has 160 valence electrons. The second kappa shape index (κ2) is 8.40. The van der Waals surface area contributed by atoms with Gasteiger partial charge in [-0.05, 0) is 0 Å². The molecular formula is C9H17N4O12P3. The van der Waals surface area contributed by atoms with Crippen molar-refractivity contribution in [3.05, 3.63) is 33.1 Å². The summed E-state index contributed by atoms with van der Waals surface area (Å²) in [7, 11) is -15.4. The lowest BCUT2D eigenvalue weighted by molar-refractivity contribution is -0.0426. The van der Waals surface area contributed by atoms with E-state index in [1.807, 2.05) is 4.98 Å².